The molecule has 1 fully saturated rings. The SMILES string of the molecule is Nc1nc2c(nc(/N=N/c3ccccc3)n2[C@H]2C[C@H](O)[C@@H](CO)O2)c(=O)[nH]1. The van der Waals surface area contributed by atoms with Gasteiger partial charge in [-0.05, 0) is 12.1 Å². The molecule has 3 aromatic rings. The van der Waals surface area contributed by atoms with Crippen molar-refractivity contribution in [2.45, 2.75) is 24.9 Å². The molecule has 3 heterocycles. The zero-order chi connectivity index (χ0) is 19.0. The van der Waals surface area contributed by atoms with Crippen LogP contribution in [0.1, 0.15) is 12.6 Å². The second-order valence-corrected chi connectivity index (χ2v) is 6.06. The largest absolute Gasteiger partial charge is 0.394 e. The third kappa shape index (κ3) is 3.18. The molecular weight excluding hydrogens is 354 g/mol. The number of imidazole rings is 1. The molecule has 0 unspecified atom stereocenters. The molecule has 1 aromatic carbocycles. The van der Waals surface area contributed by atoms with Gasteiger partial charge in [0, 0.05) is 6.42 Å². The lowest BCUT2D eigenvalue weighted by Gasteiger charge is -2.14. The number of nitrogens with zero attached hydrogens (tertiary/aromatic N) is 5. The number of hydrogen-bond donors (Lipinski definition) is 4. The maximum absolute atomic E-state index is 12.2. The summed E-state index contributed by atoms with van der Waals surface area (Å²) in [5, 5.41) is 27.6. The quantitative estimate of drug-likeness (QED) is 0.491. The summed E-state index contributed by atoms with van der Waals surface area (Å²) in [5.74, 6) is -0.00862. The smallest absolute Gasteiger partial charge is 0.280 e. The van der Waals surface area contributed by atoms with Crippen molar-refractivity contribution in [1.29, 1.82) is 0 Å². The van der Waals surface area contributed by atoms with Gasteiger partial charge >= 0.3 is 0 Å². The number of aromatic nitrogens is 4. The maximum atomic E-state index is 12.2. The number of fused-ring (bicyclic) bond motifs is 1. The highest BCUT2D eigenvalue weighted by Crippen LogP contribution is 2.34. The van der Waals surface area contributed by atoms with Gasteiger partial charge < -0.3 is 20.7 Å². The van der Waals surface area contributed by atoms with E-state index >= 15 is 0 Å². The molecule has 11 nitrogen and oxygen atoms in total. The fourth-order valence-corrected chi connectivity index (χ4v) is 2.96. The van der Waals surface area contributed by atoms with Crippen LogP contribution in [-0.4, -0.2) is 48.5 Å². The van der Waals surface area contributed by atoms with Crippen molar-refractivity contribution in [3.63, 3.8) is 0 Å². The standard InChI is InChI=1S/C16H17N7O4/c17-15-19-13-12(14(26)20-15)18-16(22-21-8-4-2-1-3-5-8)23(13)11-6-9(25)10(7-24)27-11/h1-5,9-11,24-25H,6-7H2,(H3,17,19,20,26)/b22-21+/t9-,10+,11+/m0/s1. The molecule has 3 atom stereocenters. The van der Waals surface area contributed by atoms with E-state index in [0.717, 1.165) is 0 Å². The number of benzene rings is 1. The van der Waals surface area contributed by atoms with Gasteiger partial charge in [0.05, 0.1) is 18.4 Å². The molecule has 1 saturated heterocycles. The highest BCUT2D eigenvalue weighted by molar-refractivity contribution is 5.74. The van der Waals surface area contributed by atoms with Crippen LogP contribution in [0.4, 0.5) is 17.6 Å². The molecule has 0 aliphatic carbocycles. The van der Waals surface area contributed by atoms with E-state index < -0.39 is 24.0 Å². The van der Waals surface area contributed by atoms with Gasteiger partial charge in [0.2, 0.25) is 5.95 Å². The van der Waals surface area contributed by atoms with Crippen molar-refractivity contribution < 1.29 is 14.9 Å². The second kappa shape index (κ2) is 6.87. The van der Waals surface area contributed by atoms with Crippen LogP contribution in [0.3, 0.4) is 0 Å². The summed E-state index contributed by atoms with van der Waals surface area (Å²) in [6.07, 6.45) is -2.21. The van der Waals surface area contributed by atoms with Crippen molar-refractivity contribution in [3.05, 3.63) is 40.7 Å². The summed E-state index contributed by atoms with van der Waals surface area (Å²) in [5.41, 5.74) is 5.91. The van der Waals surface area contributed by atoms with Crippen molar-refractivity contribution in [1.82, 2.24) is 19.5 Å². The van der Waals surface area contributed by atoms with Crippen LogP contribution in [0.15, 0.2) is 45.4 Å². The first-order valence-electron chi connectivity index (χ1n) is 8.25. The summed E-state index contributed by atoms with van der Waals surface area (Å²) in [7, 11) is 0. The van der Waals surface area contributed by atoms with Crippen LogP contribution in [0.25, 0.3) is 11.2 Å². The molecule has 1 aliphatic rings. The van der Waals surface area contributed by atoms with Gasteiger partial charge in [-0.3, -0.25) is 14.3 Å². The number of hydrogen-bond acceptors (Lipinski definition) is 9. The van der Waals surface area contributed by atoms with Crippen LogP contribution < -0.4 is 11.3 Å². The van der Waals surface area contributed by atoms with Gasteiger partial charge in [0.25, 0.3) is 11.5 Å². The molecule has 2 aromatic heterocycles. The first-order chi connectivity index (χ1) is 13.1. The minimum absolute atomic E-state index is 0.0248. The minimum atomic E-state index is -0.879. The van der Waals surface area contributed by atoms with Gasteiger partial charge in [0.15, 0.2) is 11.2 Å². The summed E-state index contributed by atoms with van der Waals surface area (Å²) in [6.45, 7) is -0.346. The van der Waals surface area contributed by atoms with Gasteiger partial charge in [-0.1, -0.05) is 18.2 Å². The van der Waals surface area contributed by atoms with Crippen LogP contribution in [-0.2, 0) is 4.74 Å². The number of aliphatic hydroxyl groups excluding tert-OH is 2. The molecule has 4 rings (SSSR count). The highest BCUT2D eigenvalue weighted by Gasteiger charge is 2.37. The van der Waals surface area contributed by atoms with Crippen molar-refractivity contribution >= 4 is 28.7 Å². The van der Waals surface area contributed by atoms with E-state index in [2.05, 4.69) is 25.2 Å². The number of nitrogens with one attached hydrogen (secondary N) is 1. The molecule has 0 bridgehead atoms. The lowest BCUT2D eigenvalue weighted by Crippen LogP contribution is -2.24. The first kappa shape index (κ1) is 17.3. The monoisotopic (exact) mass is 371 g/mol. The van der Waals surface area contributed by atoms with E-state index in [1.54, 1.807) is 12.1 Å². The first-order valence-corrected chi connectivity index (χ1v) is 8.25. The fraction of sp³-hybridized carbons (Fsp3) is 0.312. The Hall–Kier alpha value is -3.15. The van der Waals surface area contributed by atoms with E-state index in [-0.39, 0.29) is 36.1 Å². The van der Waals surface area contributed by atoms with Gasteiger partial charge in [-0.15, -0.1) is 10.2 Å². The van der Waals surface area contributed by atoms with Crippen LogP contribution in [0, 0.1) is 0 Å². The number of rotatable bonds is 4. The number of aromatic amines is 1. The molecule has 0 amide bonds. The van der Waals surface area contributed by atoms with Gasteiger partial charge in [-0.25, -0.2) is 4.98 Å². The summed E-state index contributed by atoms with van der Waals surface area (Å²) in [6, 6.07) is 9.00. The Labute approximate surface area is 152 Å². The molecule has 140 valence electrons. The maximum Gasteiger partial charge on any atom is 0.280 e. The molecule has 1 aliphatic heterocycles. The molecule has 0 spiro atoms. The normalized spacial score (nSPS) is 22.8. The molecular formula is C16H17N7O4. The predicted molar refractivity (Wildman–Crippen MR) is 94.8 cm³/mol. The van der Waals surface area contributed by atoms with Crippen LogP contribution in [0.2, 0.25) is 0 Å². The van der Waals surface area contributed by atoms with Crippen LogP contribution >= 0.6 is 0 Å². The molecule has 0 saturated carbocycles. The number of ether oxygens (including phenoxy) is 1. The van der Waals surface area contributed by atoms with Crippen molar-refractivity contribution in [3.8, 4) is 0 Å². The molecule has 5 N–H and O–H groups in total. The van der Waals surface area contributed by atoms with E-state index in [0.29, 0.717) is 5.69 Å². The summed E-state index contributed by atoms with van der Waals surface area (Å²) in [4.78, 5) is 22.9. The molecule has 27 heavy (non-hydrogen) atoms. The molecule has 11 heteroatoms. The van der Waals surface area contributed by atoms with E-state index in [4.69, 9.17) is 10.5 Å². The Morgan fingerprint density at radius 2 is 2.07 bits per heavy atom. The average molecular weight is 371 g/mol. The lowest BCUT2D eigenvalue weighted by molar-refractivity contribution is -0.0426. The van der Waals surface area contributed by atoms with Gasteiger partial charge in [0.1, 0.15) is 12.3 Å². The Morgan fingerprint density at radius 1 is 1.30 bits per heavy atom. The Bertz CT molecular complexity index is 1050. The summed E-state index contributed by atoms with van der Waals surface area (Å²) >= 11 is 0. The van der Waals surface area contributed by atoms with E-state index in [1.807, 2.05) is 18.2 Å². The van der Waals surface area contributed by atoms with Crippen molar-refractivity contribution in [2.24, 2.45) is 10.2 Å². The number of aliphatic hydroxyl groups is 2. The number of azo groups is 1. The Morgan fingerprint density at radius 3 is 2.78 bits per heavy atom. The minimum Gasteiger partial charge on any atom is -0.394 e. The summed E-state index contributed by atoms with van der Waals surface area (Å²) < 4.78 is 7.13. The number of nitrogen functional groups attached to an aromatic ring is 1. The third-order valence-electron chi connectivity index (χ3n) is 4.23. The Balaban J connectivity index is 1.84. The number of anilines is 1. The van der Waals surface area contributed by atoms with Crippen molar-refractivity contribution in [2.75, 3.05) is 12.3 Å². The predicted octanol–water partition coefficient (Wildman–Crippen LogP) is 0.758. The second-order valence-electron chi connectivity index (χ2n) is 6.06. The fourth-order valence-electron chi connectivity index (χ4n) is 2.96. The highest BCUT2D eigenvalue weighted by atomic mass is 16.5. The number of H-pyrrole nitrogens is 1. The third-order valence-corrected chi connectivity index (χ3v) is 4.23. The van der Waals surface area contributed by atoms with Crippen LogP contribution in [0.5, 0.6) is 0 Å². The lowest BCUT2D eigenvalue weighted by atomic mass is 10.2. The number of nitrogens with two attached hydrogens (primary N) is 1. The molecule has 0 radical (unpaired) electrons. The van der Waals surface area contributed by atoms with E-state index in [9.17, 15) is 15.0 Å². The zero-order valence-corrected chi connectivity index (χ0v) is 14.1. The Kier molecular flexibility index (Phi) is 4.39. The zero-order valence-electron chi connectivity index (χ0n) is 14.1. The topological polar surface area (TPSA) is 164 Å². The van der Waals surface area contributed by atoms with Gasteiger partial charge in [-0.2, -0.15) is 4.98 Å². The average Bonchev–Trinajstić information content (AvgIpc) is 3.20. The van der Waals surface area contributed by atoms with E-state index in [1.165, 1.54) is 4.57 Å².